The molecule has 0 saturated heterocycles. The van der Waals surface area contributed by atoms with Crippen molar-refractivity contribution in [1.29, 1.82) is 0 Å². The van der Waals surface area contributed by atoms with Gasteiger partial charge in [-0.05, 0) is 31.2 Å². The first-order valence-corrected chi connectivity index (χ1v) is 5.73. The number of aryl methyl sites for hydroxylation is 1. The third-order valence-corrected chi connectivity index (χ3v) is 2.78. The van der Waals surface area contributed by atoms with Gasteiger partial charge in [0.1, 0.15) is 4.99 Å². The Labute approximate surface area is 112 Å². The van der Waals surface area contributed by atoms with E-state index < -0.39 is 11.7 Å². The third kappa shape index (κ3) is 2.76. The quantitative estimate of drug-likeness (QED) is 0.863. The molecule has 19 heavy (non-hydrogen) atoms. The zero-order chi connectivity index (χ0) is 14.2. The lowest BCUT2D eigenvalue weighted by Gasteiger charge is -2.12. The Morgan fingerprint density at radius 1 is 1.32 bits per heavy atom. The number of benzene rings is 1. The summed E-state index contributed by atoms with van der Waals surface area (Å²) in [4.78, 5) is -0.103. The Morgan fingerprint density at radius 2 is 2.00 bits per heavy atom. The molecule has 0 atom stereocenters. The highest BCUT2D eigenvalue weighted by Gasteiger charge is 2.31. The molecule has 2 aromatic rings. The third-order valence-electron chi connectivity index (χ3n) is 2.56. The lowest BCUT2D eigenvalue weighted by molar-refractivity contribution is -0.137. The van der Waals surface area contributed by atoms with Gasteiger partial charge in [0, 0.05) is 11.8 Å². The van der Waals surface area contributed by atoms with Crippen molar-refractivity contribution in [2.75, 3.05) is 0 Å². The van der Waals surface area contributed by atoms with E-state index in [9.17, 15) is 13.2 Å². The summed E-state index contributed by atoms with van der Waals surface area (Å²) in [7, 11) is 0. The number of hydrogen-bond donors (Lipinski definition) is 1. The summed E-state index contributed by atoms with van der Waals surface area (Å²) in [5.41, 5.74) is 6.02. The number of aromatic nitrogens is 2. The Morgan fingerprint density at radius 3 is 2.47 bits per heavy atom. The van der Waals surface area contributed by atoms with E-state index >= 15 is 0 Å². The molecule has 2 N–H and O–H groups in total. The minimum atomic E-state index is -4.43. The molecule has 0 unspecified atom stereocenters. The molecule has 0 bridgehead atoms. The zero-order valence-electron chi connectivity index (χ0n) is 9.90. The van der Waals surface area contributed by atoms with Gasteiger partial charge >= 0.3 is 6.18 Å². The van der Waals surface area contributed by atoms with Crippen molar-refractivity contribution in [2.24, 2.45) is 5.73 Å². The van der Waals surface area contributed by atoms with Crippen LogP contribution in [0.2, 0.25) is 0 Å². The second-order valence-corrected chi connectivity index (χ2v) is 4.44. The Balaban J connectivity index is 2.60. The van der Waals surface area contributed by atoms with E-state index in [1.54, 1.807) is 19.2 Å². The van der Waals surface area contributed by atoms with Gasteiger partial charge in [0.2, 0.25) is 0 Å². The number of nitrogens with zero attached hydrogens (tertiary/aromatic N) is 2. The molecule has 0 amide bonds. The number of nitrogens with two attached hydrogens (primary N) is 1. The van der Waals surface area contributed by atoms with Crippen molar-refractivity contribution >= 4 is 17.2 Å². The minimum absolute atomic E-state index is 0.103. The van der Waals surface area contributed by atoms with Crippen LogP contribution in [0.4, 0.5) is 13.2 Å². The van der Waals surface area contributed by atoms with Gasteiger partial charge < -0.3 is 5.73 Å². The molecule has 0 aliphatic rings. The van der Waals surface area contributed by atoms with Gasteiger partial charge in [-0.2, -0.15) is 18.3 Å². The molecule has 7 heteroatoms. The van der Waals surface area contributed by atoms with Crippen molar-refractivity contribution in [2.45, 2.75) is 13.1 Å². The molecular formula is C12H10F3N3S. The van der Waals surface area contributed by atoms with Gasteiger partial charge in [-0.3, -0.25) is 0 Å². The maximum Gasteiger partial charge on any atom is 0.416 e. The number of halogens is 3. The van der Waals surface area contributed by atoms with Crippen LogP contribution in [0.1, 0.15) is 16.8 Å². The van der Waals surface area contributed by atoms with Crippen molar-refractivity contribution in [3.63, 3.8) is 0 Å². The van der Waals surface area contributed by atoms with E-state index in [1.807, 2.05) is 0 Å². The number of thiocarbonyl (C=S) groups is 1. The summed E-state index contributed by atoms with van der Waals surface area (Å²) in [6, 6.07) is 4.97. The summed E-state index contributed by atoms with van der Waals surface area (Å²) in [5, 5.41) is 4.14. The number of rotatable bonds is 2. The van der Waals surface area contributed by atoms with E-state index in [0.717, 1.165) is 17.8 Å². The standard InChI is InChI=1S/C12H10F3N3S/c1-7-4-5-18(17-7)10-3-2-8(12(13,14)15)6-9(10)11(16)19/h2-6H,1H3,(H2,16,19). The molecule has 1 aromatic carbocycles. The molecule has 0 aliphatic heterocycles. The van der Waals surface area contributed by atoms with Gasteiger partial charge in [-0.1, -0.05) is 12.2 Å². The Hall–Kier alpha value is -1.89. The Bertz CT molecular complexity index is 631. The highest BCUT2D eigenvalue weighted by Crippen LogP contribution is 2.31. The first-order valence-electron chi connectivity index (χ1n) is 5.33. The normalized spacial score (nSPS) is 11.6. The van der Waals surface area contributed by atoms with Gasteiger partial charge in [0.05, 0.1) is 16.9 Å². The zero-order valence-corrected chi connectivity index (χ0v) is 10.7. The van der Waals surface area contributed by atoms with Crippen LogP contribution in [0.3, 0.4) is 0 Å². The molecule has 1 heterocycles. The van der Waals surface area contributed by atoms with Crippen molar-refractivity contribution < 1.29 is 13.2 Å². The van der Waals surface area contributed by atoms with Crippen molar-refractivity contribution in [3.8, 4) is 5.69 Å². The summed E-state index contributed by atoms with van der Waals surface area (Å²) >= 11 is 4.81. The van der Waals surface area contributed by atoms with Crippen molar-refractivity contribution in [3.05, 3.63) is 47.3 Å². The number of hydrogen-bond acceptors (Lipinski definition) is 2. The average Bonchev–Trinajstić information content (AvgIpc) is 2.73. The fourth-order valence-corrected chi connectivity index (χ4v) is 1.82. The summed E-state index contributed by atoms with van der Waals surface area (Å²) in [6.07, 6.45) is -2.79. The molecule has 1 aromatic heterocycles. The predicted molar refractivity (Wildman–Crippen MR) is 69.2 cm³/mol. The van der Waals surface area contributed by atoms with E-state index in [-0.39, 0.29) is 10.6 Å². The lowest BCUT2D eigenvalue weighted by Crippen LogP contribution is -2.16. The molecule has 0 fully saturated rings. The number of alkyl halides is 3. The van der Waals surface area contributed by atoms with E-state index in [2.05, 4.69) is 5.10 Å². The maximum absolute atomic E-state index is 12.7. The van der Waals surface area contributed by atoms with E-state index in [4.69, 9.17) is 18.0 Å². The van der Waals surface area contributed by atoms with Crippen LogP contribution in [-0.4, -0.2) is 14.8 Å². The van der Waals surface area contributed by atoms with Gasteiger partial charge in [0.15, 0.2) is 0 Å². The first kappa shape index (κ1) is 13.5. The fourth-order valence-electron chi connectivity index (χ4n) is 1.66. The van der Waals surface area contributed by atoms with E-state index in [1.165, 1.54) is 10.7 Å². The van der Waals surface area contributed by atoms with Crippen LogP contribution in [0.15, 0.2) is 30.5 Å². The lowest BCUT2D eigenvalue weighted by atomic mass is 10.1. The van der Waals surface area contributed by atoms with Crippen LogP contribution < -0.4 is 5.73 Å². The summed E-state index contributed by atoms with van der Waals surface area (Å²) < 4.78 is 39.4. The molecule has 0 radical (unpaired) electrons. The van der Waals surface area contributed by atoms with Gasteiger partial charge in [-0.15, -0.1) is 0 Å². The predicted octanol–water partition coefficient (Wildman–Crippen LogP) is 2.83. The average molecular weight is 285 g/mol. The fraction of sp³-hybridized carbons (Fsp3) is 0.167. The summed E-state index contributed by atoms with van der Waals surface area (Å²) in [6.45, 7) is 1.78. The molecule has 2 rings (SSSR count). The van der Waals surface area contributed by atoms with Crippen LogP contribution in [-0.2, 0) is 6.18 Å². The second-order valence-electron chi connectivity index (χ2n) is 4.00. The minimum Gasteiger partial charge on any atom is -0.389 e. The topological polar surface area (TPSA) is 43.8 Å². The SMILES string of the molecule is Cc1ccn(-c2ccc(C(F)(F)F)cc2C(N)=S)n1. The molecule has 0 saturated carbocycles. The van der Waals surface area contributed by atoms with Crippen LogP contribution in [0.25, 0.3) is 5.69 Å². The highest BCUT2D eigenvalue weighted by atomic mass is 32.1. The van der Waals surface area contributed by atoms with Crippen molar-refractivity contribution in [1.82, 2.24) is 9.78 Å². The molecule has 0 aliphatic carbocycles. The van der Waals surface area contributed by atoms with Gasteiger partial charge in [-0.25, -0.2) is 4.68 Å². The largest absolute Gasteiger partial charge is 0.416 e. The molecular weight excluding hydrogens is 275 g/mol. The second kappa shape index (κ2) is 4.65. The molecule has 100 valence electrons. The maximum atomic E-state index is 12.7. The van der Waals surface area contributed by atoms with Gasteiger partial charge in [0.25, 0.3) is 0 Å². The highest BCUT2D eigenvalue weighted by molar-refractivity contribution is 7.80. The van der Waals surface area contributed by atoms with Crippen LogP contribution in [0, 0.1) is 6.92 Å². The van der Waals surface area contributed by atoms with E-state index in [0.29, 0.717) is 5.69 Å². The monoisotopic (exact) mass is 285 g/mol. The summed E-state index contributed by atoms with van der Waals surface area (Å²) in [5.74, 6) is 0. The molecule has 0 spiro atoms. The smallest absolute Gasteiger partial charge is 0.389 e. The molecule has 3 nitrogen and oxygen atoms in total. The first-order chi connectivity index (χ1) is 8.79. The van der Waals surface area contributed by atoms with Crippen LogP contribution >= 0.6 is 12.2 Å². The van der Waals surface area contributed by atoms with Crippen LogP contribution in [0.5, 0.6) is 0 Å². The Kier molecular flexibility index (Phi) is 3.32.